The molecule has 21 heavy (non-hydrogen) atoms. The Balaban J connectivity index is 0. The molecule has 0 aliphatic heterocycles. The van der Waals surface area contributed by atoms with Crippen LogP contribution < -0.4 is 40.0 Å². The van der Waals surface area contributed by atoms with Crippen molar-refractivity contribution in [3.63, 3.8) is 0 Å². The predicted octanol–water partition coefficient (Wildman–Crippen LogP) is -2.09. The first-order valence-electron chi connectivity index (χ1n) is 7.28. The van der Waals surface area contributed by atoms with E-state index in [9.17, 15) is 19.8 Å². The van der Waals surface area contributed by atoms with E-state index in [0.717, 1.165) is 38.5 Å². The zero-order valence-electron chi connectivity index (χ0n) is 13.3. The number of carbonyl (C=O) groups excluding carboxylic acids is 2. The molecule has 0 aliphatic carbocycles. The van der Waals surface area contributed by atoms with Gasteiger partial charge in [0.25, 0.3) is 0 Å². The van der Waals surface area contributed by atoms with E-state index in [1.807, 2.05) is 6.08 Å². The standard InChI is InChI=1S/C15H27NO4.Na/c1-3-4-5-6-7-8-9-10-11-13(18)16-14(12(2)17)15(19)20;/h3,12,14,17H,1,4-11H2,2H3,(H,16,18)(H,19,20);/q;+1/p-1/t12-,14-;/m0./s1. The van der Waals surface area contributed by atoms with Gasteiger partial charge >= 0.3 is 29.6 Å². The Hall–Kier alpha value is -0.360. The summed E-state index contributed by atoms with van der Waals surface area (Å²) in [5, 5.41) is 22.2. The number of aliphatic carboxylic acids is 1. The van der Waals surface area contributed by atoms with Crippen molar-refractivity contribution in [3.05, 3.63) is 12.7 Å². The van der Waals surface area contributed by atoms with E-state index in [1.54, 1.807) is 0 Å². The van der Waals surface area contributed by atoms with Gasteiger partial charge in [0.05, 0.1) is 18.1 Å². The number of aliphatic hydroxyl groups is 1. The summed E-state index contributed by atoms with van der Waals surface area (Å²) in [4.78, 5) is 22.2. The van der Waals surface area contributed by atoms with E-state index in [1.165, 1.54) is 13.3 Å². The maximum Gasteiger partial charge on any atom is 1.00 e. The van der Waals surface area contributed by atoms with Crippen molar-refractivity contribution in [2.75, 3.05) is 0 Å². The third kappa shape index (κ3) is 13.1. The number of unbranched alkanes of at least 4 members (excludes halogenated alkanes) is 6. The molecular weight excluding hydrogens is 281 g/mol. The number of amides is 1. The number of hydrogen-bond donors (Lipinski definition) is 2. The second-order valence-electron chi connectivity index (χ2n) is 5.05. The molecular formula is C15H26NNaO4. The average molecular weight is 307 g/mol. The molecule has 2 atom stereocenters. The number of aliphatic hydroxyl groups excluding tert-OH is 1. The Morgan fingerprint density at radius 1 is 1.19 bits per heavy atom. The Bertz CT molecular complexity index is 308. The van der Waals surface area contributed by atoms with Crippen molar-refractivity contribution in [2.45, 2.75) is 70.4 Å². The summed E-state index contributed by atoms with van der Waals surface area (Å²) in [5.74, 6) is -1.82. The van der Waals surface area contributed by atoms with Crippen LogP contribution in [0.3, 0.4) is 0 Å². The summed E-state index contributed by atoms with van der Waals surface area (Å²) in [7, 11) is 0. The molecule has 6 heteroatoms. The van der Waals surface area contributed by atoms with Crippen LogP contribution in [0.2, 0.25) is 0 Å². The van der Waals surface area contributed by atoms with Gasteiger partial charge in [0.15, 0.2) is 0 Å². The molecule has 0 spiro atoms. The summed E-state index contributed by atoms with van der Waals surface area (Å²) in [6, 6.07) is -1.33. The summed E-state index contributed by atoms with van der Waals surface area (Å²) in [5.41, 5.74) is 0. The molecule has 1 amide bonds. The first kappa shape index (κ1) is 22.9. The summed E-state index contributed by atoms with van der Waals surface area (Å²) in [6.45, 7) is 4.98. The van der Waals surface area contributed by atoms with Crippen LogP contribution in [-0.4, -0.2) is 29.1 Å². The fraction of sp³-hybridized carbons (Fsp3) is 0.733. The van der Waals surface area contributed by atoms with Crippen LogP contribution in [-0.2, 0) is 9.59 Å². The Morgan fingerprint density at radius 2 is 1.71 bits per heavy atom. The zero-order chi connectivity index (χ0) is 15.4. The summed E-state index contributed by atoms with van der Waals surface area (Å²) >= 11 is 0. The Labute approximate surface area is 149 Å². The molecule has 0 aliphatic rings. The molecule has 116 valence electrons. The van der Waals surface area contributed by atoms with Gasteiger partial charge in [-0.25, -0.2) is 0 Å². The molecule has 0 saturated heterocycles. The maximum atomic E-state index is 11.5. The number of allylic oxidation sites excluding steroid dienone is 1. The van der Waals surface area contributed by atoms with E-state index in [4.69, 9.17) is 0 Å². The molecule has 0 unspecified atom stereocenters. The maximum absolute atomic E-state index is 11.5. The monoisotopic (exact) mass is 307 g/mol. The van der Waals surface area contributed by atoms with Gasteiger partial charge in [-0.2, -0.15) is 0 Å². The number of carbonyl (C=O) groups is 2. The van der Waals surface area contributed by atoms with Crippen molar-refractivity contribution < 1.29 is 49.4 Å². The van der Waals surface area contributed by atoms with Crippen LogP contribution >= 0.6 is 0 Å². The first-order valence-corrected chi connectivity index (χ1v) is 7.28. The number of nitrogens with one attached hydrogen (secondary N) is 1. The fourth-order valence-corrected chi connectivity index (χ4v) is 1.90. The van der Waals surface area contributed by atoms with Gasteiger partial charge in [-0.1, -0.05) is 31.8 Å². The van der Waals surface area contributed by atoms with Gasteiger partial charge in [-0.3, -0.25) is 4.79 Å². The van der Waals surface area contributed by atoms with Crippen molar-refractivity contribution in [1.82, 2.24) is 5.32 Å². The molecule has 0 aromatic heterocycles. The number of rotatable bonds is 12. The average Bonchev–Trinajstić information content (AvgIpc) is 2.38. The largest absolute Gasteiger partial charge is 1.00 e. The second-order valence-corrected chi connectivity index (χ2v) is 5.05. The Kier molecular flexibility index (Phi) is 15.9. The third-order valence-corrected chi connectivity index (χ3v) is 3.11. The molecule has 2 N–H and O–H groups in total. The third-order valence-electron chi connectivity index (χ3n) is 3.11. The topological polar surface area (TPSA) is 89.5 Å². The van der Waals surface area contributed by atoms with Gasteiger partial charge in [-0.15, -0.1) is 6.58 Å². The number of carboxylic acids is 1. The number of carboxylic acid groups (broad SMARTS) is 1. The Morgan fingerprint density at radius 3 is 2.19 bits per heavy atom. The molecule has 0 aromatic carbocycles. The van der Waals surface area contributed by atoms with Gasteiger partial charge in [0.1, 0.15) is 0 Å². The van der Waals surface area contributed by atoms with Gasteiger partial charge < -0.3 is 20.3 Å². The first-order chi connectivity index (χ1) is 9.49. The minimum absolute atomic E-state index is 0. The second kappa shape index (κ2) is 14.6. The van der Waals surface area contributed by atoms with Crippen LogP contribution in [0.5, 0.6) is 0 Å². The van der Waals surface area contributed by atoms with E-state index >= 15 is 0 Å². The van der Waals surface area contributed by atoms with Gasteiger partial charge in [-0.05, 0) is 26.2 Å². The van der Waals surface area contributed by atoms with E-state index in [0.29, 0.717) is 0 Å². The minimum Gasteiger partial charge on any atom is -0.548 e. The molecule has 0 fully saturated rings. The summed E-state index contributed by atoms with van der Waals surface area (Å²) in [6.07, 6.45) is 8.32. The summed E-state index contributed by atoms with van der Waals surface area (Å²) < 4.78 is 0. The molecule has 0 heterocycles. The number of hydrogen-bond acceptors (Lipinski definition) is 4. The van der Waals surface area contributed by atoms with E-state index < -0.39 is 18.1 Å². The van der Waals surface area contributed by atoms with E-state index in [-0.39, 0.29) is 41.9 Å². The minimum atomic E-state index is -1.46. The molecule has 0 bridgehead atoms. The van der Waals surface area contributed by atoms with Crippen LogP contribution in [0.4, 0.5) is 0 Å². The molecule has 0 rings (SSSR count). The van der Waals surface area contributed by atoms with Crippen molar-refractivity contribution in [1.29, 1.82) is 0 Å². The van der Waals surface area contributed by atoms with Crippen molar-refractivity contribution >= 4 is 11.9 Å². The SMILES string of the molecule is C=CCCCCCCCCC(=O)N[C@H](C(=O)[O-])[C@H](C)O.[Na+]. The van der Waals surface area contributed by atoms with Gasteiger partial charge in [0, 0.05) is 6.42 Å². The van der Waals surface area contributed by atoms with Gasteiger partial charge in [0.2, 0.25) is 5.91 Å². The smallest absolute Gasteiger partial charge is 0.548 e. The molecule has 0 aromatic rings. The van der Waals surface area contributed by atoms with Crippen LogP contribution in [0.15, 0.2) is 12.7 Å². The normalized spacial score (nSPS) is 12.9. The van der Waals surface area contributed by atoms with Crippen LogP contribution in [0.25, 0.3) is 0 Å². The molecule has 5 nitrogen and oxygen atoms in total. The zero-order valence-corrected chi connectivity index (χ0v) is 15.3. The van der Waals surface area contributed by atoms with Crippen molar-refractivity contribution in [3.8, 4) is 0 Å². The molecule has 0 saturated carbocycles. The predicted molar refractivity (Wildman–Crippen MR) is 75.8 cm³/mol. The van der Waals surface area contributed by atoms with Crippen LogP contribution in [0, 0.1) is 0 Å². The fourth-order valence-electron chi connectivity index (χ4n) is 1.90. The van der Waals surface area contributed by atoms with Crippen molar-refractivity contribution in [2.24, 2.45) is 0 Å². The van der Waals surface area contributed by atoms with E-state index in [2.05, 4.69) is 11.9 Å². The molecule has 0 radical (unpaired) electrons. The quantitative estimate of drug-likeness (QED) is 0.246. The van der Waals surface area contributed by atoms with Crippen LogP contribution in [0.1, 0.15) is 58.3 Å².